The zero-order chi connectivity index (χ0) is 20.2. The highest BCUT2D eigenvalue weighted by Gasteiger charge is 2.22. The number of phenols is 1. The fourth-order valence-electron chi connectivity index (χ4n) is 4.00. The van der Waals surface area contributed by atoms with Gasteiger partial charge in [-0.2, -0.15) is 4.98 Å². The van der Waals surface area contributed by atoms with Crippen LogP contribution in [0, 0.1) is 0 Å². The van der Waals surface area contributed by atoms with Gasteiger partial charge in [0.25, 0.3) is 0 Å². The first-order chi connectivity index (χ1) is 14.1. The molecule has 1 heterocycles. The third-order valence-electron chi connectivity index (χ3n) is 5.64. The van der Waals surface area contributed by atoms with Gasteiger partial charge in [-0.25, -0.2) is 4.98 Å². The van der Waals surface area contributed by atoms with Gasteiger partial charge in [-0.05, 0) is 43.9 Å². The number of nitrogens with one attached hydrogen (secondary N) is 2. The van der Waals surface area contributed by atoms with Crippen molar-refractivity contribution in [3.63, 3.8) is 0 Å². The van der Waals surface area contributed by atoms with Gasteiger partial charge in [-0.1, -0.05) is 37.8 Å². The third kappa shape index (κ3) is 5.00. The molecule has 0 spiro atoms. The predicted molar refractivity (Wildman–Crippen MR) is 125 cm³/mol. The van der Waals surface area contributed by atoms with E-state index in [4.69, 9.17) is 9.97 Å². The highest BCUT2D eigenvalue weighted by molar-refractivity contribution is 5.90. The van der Waals surface area contributed by atoms with Crippen molar-refractivity contribution in [1.82, 2.24) is 15.3 Å². The number of benzene rings is 2. The molecule has 1 saturated carbocycles. The smallest absolute Gasteiger partial charge is 0.225 e. The Kier molecular flexibility index (Phi) is 7.11. The Bertz CT molecular complexity index is 967. The average Bonchev–Trinajstić information content (AvgIpc) is 2.73. The van der Waals surface area contributed by atoms with E-state index in [9.17, 15) is 5.11 Å². The van der Waals surface area contributed by atoms with Crippen molar-refractivity contribution >= 4 is 22.7 Å². The molecular formula is C24H33N5O. The van der Waals surface area contributed by atoms with Crippen molar-refractivity contribution in [1.29, 1.82) is 0 Å². The maximum absolute atomic E-state index is 9.92. The molecule has 4 rings (SSSR count). The summed E-state index contributed by atoms with van der Waals surface area (Å²) in [7, 11) is 4.03. The van der Waals surface area contributed by atoms with Crippen molar-refractivity contribution in [2.24, 2.45) is 0 Å². The summed E-state index contributed by atoms with van der Waals surface area (Å²) in [6, 6.07) is 16.5. The van der Waals surface area contributed by atoms with E-state index in [1.54, 1.807) is 6.07 Å². The zero-order valence-corrected chi connectivity index (χ0v) is 17.1. The molecule has 0 atom stereocenters. The lowest BCUT2D eigenvalue weighted by molar-refractivity contribution is 0.350. The van der Waals surface area contributed by atoms with Gasteiger partial charge in [0.2, 0.25) is 5.95 Å². The topological polar surface area (TPSA) is 73.3 Å². The van der Waals surface area contributed by atoms with Crippen LogP contribution in [0.15, 0.2) is 48.5 Å². The van der Waals surface area contributed by atoms with E-state index in [2.05, 4.69) is 16.7 Å². The van der Waals surface area contributed by atoms with Crippen LogP contribution in [0.1, 0.15) is 38.7 Å². The van der Waals surface area contributed by atoms with E-state index in [1.165, 1.54) is 0 Å². The van der Waals surface area contributed by atoms with E-state index in [0.29, 0.717) is 30.3 Å². The van der Waals surface area contributed by atoms with Gasteiger partial charge >= 0.3 is 0 Å². The van der Waals surface area contributed by atoms with Crippen LogP contribution in [0.4, 0.5) is 11.8 Å². The Hall–Kier alpha value is -2.86. The van der Waals surface area contributed by atoms with Crippen LogP contribution >= 0.6 is 0 Å². The first kappa shape index (κ1) is 21.8. The highest BCUT2D eigenvalue weighted by atomic mass is 16.3. The molecule has 3 aromatic rings. The van der Waals surface area contributed by atoms with Crippen LogP contribution in [0.2, 0.25) is 0 Å². The molecule has 1 aliphatic carbocycles. The molecule has 1 fully saturated rings. The zero-order valence-electron chi connectivity index (χ0n) is 17.1. The number of nitrogens with zero attached hydrogens (tertiary/aromatic N) is 3. The van der Waals surface area contributed by atoms with Crippen molar-refractivity contribution < 1.29 is 5.11 Å². The molecule has 1 aromatic heterocycles. The summed E-state index contributed by atoms with van der Waals surface area (Å²) < 4.78 is 0. The number of para-hydroxylation sites is 2. The number of rotatable bonds is 6. The lowest BCUT2D eigenvalue weighted by atomic mass is 9.91. The summed E-state index contributed by atoms with van der Waals surface area (Å²) in [4.78, 5) is 11.5. The molecule has 3 N–H and O–H groups in total. The van der Waals surface area contributed by atoms with Crippen LogP contribution in [0.3, 0.4) is 0 Å². The molecule has 2 aromatic carbocycles. The van der Waals surface area contributed by atoms with Crippen molar-refractivity contribution in [2.45, 2.75) is 51.7 Å². The number of aromatic hydroxyl groups is 1. The summed E-state index contributed by atoms with van der Waals surface area (Å²) in [6.07, 6.45) is 4.34. The Morgan fingerprint density at radius 1 is 0.933 bits per heavy atom. The molecule has 6 nitrogen and oxygen atoms in total. The van der Waals surface area contributed by atoms with E-state index in [-0.39, 0.29) is 7.43 Å². The van der Waals surface area contributed by atoms with E-state index >= 15 is 0 Å². The van der Waals surface area contributed by atoms with Crippen molar-refractivity contribution in [2.75, 3.05) is 24.3 Å². The molecule has 6 heteroatoms. The quantitative estimate of drug-likeness (QED) is 0.557. The first-order valence-electron chi connectivity index (χ1n) is 10.3. The van der Waals surface area contributed by atoms with E-state index < -0.39 is 0 Å². The van der Waals surface area contributed by atoms with Crippen molar-refractivity contribution in [3.8, 4) is 5.75 Å². The van der Waals surface area contributed by atoms with Gasteiger partial charge in [-0.15, -0.1) is 0 Å². The second-order valence-electron chi connectivity index (χ2n) is 7.98. The van der Waals surface area contributed by atoms with Crippen LogP contribution in [0.5, 0.6) is 5.75 Å². The standard InChI is InChI=1S/C23H29N5O.CH4/c1-28(2)22-19-8-4-5-9-20(19)26-23(27-22)25-18-13-11-17(12-14-18)24-15-16-7-3-6-10-21(16)29;/h3-10,17-18,24,29H,11-15H2,1-2H3,(H,25,26,27);1H4. The fraction of sp³-hybridized carbons (Fsp3) is 0.417. The third-order valence-corrected chi connectivity index (χ3v) is 5.64. The first-order valence-corrected chi connectivity index (χ1v) is 10.3. The number of aromatic nitrogens is 2. The van der Waals surface area contributed by atoms with Gasteiger partial charge < -0.3 is 20.6 Å². The minimum Gasteiger partial charge on any atom is -0.508 e. The van der Waals surface area contributed by atoms with Crippen LogP contribution in [-0.2, 0) is 6.54 Å². The van der Waals surface area contributed by atoms with Crippen molar-refractivity contribution in [3.05, 3.63) is 54.1 Å². The lowest BCUT2D eigenvalue weighted by Gasteiger charge is -2.30. The minimum absolute atomic E-state index is 0. The summed E-state index contributed by atoms with van der Waals surface area (Å²) in [5.74, 6) is 2.01. The maximum atomic E-state index is 9.92. The summed E-state index contributed by atoms with van der Waals surface area (Å²) in [5, 5.41) is 18.1. The summed E-state index contributed by atoms with van der Waals surface area (Å²) >= 11 is 0. The molecule has 30 heavy (non-hydrogen) atoms. The van der Waals surface area contributed by atoms with Gasteiger partial charge in [0.1, 0.15) is 11.6 Å². The molecule has 0 aliphatic heterocycles. The molecule has 1 aliphatic rings. The molecule has 0 unspecified atom stereocenters. The SMILES string of the molecule is C.CN(C)c1nc(NC2CCC(NCc3ccccc3O)CC2)nc2ccccc12. The number of phenolic OH excluding ortho intramolecular Hbond substituents is 1. The van der Waals surface area contributed by atoms with E-state index in [0.717, 1.165) is 48.0 Å². The summed E-state index contributed by atoms with van der Waals surface area (Å²) in [5.41, 5.74) is 1.92. The van der Waals surface area contributed by atoms with Gasteiger partial charge in [0.05, 0.1) is 5.52 Å². The molecule has 0 bridgehead atoms. The van der Waals surface area contributed by atoms with Gasteiger partial charge in [-0.3, -0.25) is 0 Å². The second kappa shape index (κ2) is 9.76. The van der Waals surface area contributed by atoms with Gasteiger partial charge in [0, 0.05) is 43.7 Å². The normalized spacial score (nSPS) is 18.6. The monoisotopic (exact) mass is 407 g/mol. The molecular weight excluding hydrogens is 374 g/mol. The largest absolute Gasteiger partial charge is 0.508 e. The molecule has 0 saturated heterocycles. The number of fused-ring (bicyclic) bond motifs is 1. The fourth-order valence-corrected chi connectivity index (χ4v) is 4.00. The number of hydrogen-bond acceptors (Lipinski definition) is 6. The Morgan fingerprint density at radius 3 is 2.33 bits per heavy atom. The van der Waals surface area contributed by atoms with Crippen LogP contribution in [0.25, 0.3) is 10.9 Å². The Morgan fingerprint density at radius 2 is 1.60 bits per heavy atom. The van der Waals surface area contributed by atoms with Gasteiger partial charge in [0.15, 0.2) is 0 Å². The molecule has 0 radical (unpaired) electrons. The predicted octanol–water partition coefficient (Wildman–Crippen LogP) is 4.55. The van der Waals surface area contributed by atoms with Crippen LogP contribution < -0.4 is 15.5 Å². The minimum atomic E-state index is 0. The number of hydrogen-bond donors (Lipinski definition) is 3. The average molecular weight is 408 g/mol. The Balaban J connectivity index is 0.00000256. The lowest BCUT2D eigenvalue weighted by Crippen LogP contribution is -2.37. The number of anilines is 2. The maximum Gasteiger partial charge on any atom is 0.225 e. The second-order valence-corrected chi connectivity index (χ2v) is 7.98. The highest BCUT2D eigenvalue weighted by Crippen LogP contribution is 2.26. The summed E-state index contributed by atoms with van der Waals surface area (Å²) in [6.45, 7) is 0.704. The van der Waals surface area contributed by atoms with E-state index in [1.807, 2.05) is 55.4 Å². The molecule has 160 valence electrons. The van der Waals surface area contributed by atoms with Crippen LogP contribution in [-0.4, -0.2) is 41.3 Å². The Labute approximate surface area is 179 Å². The molecule has 0 amide bonds.